The number of ether oxygens (including phenoxy) is 1. The minimum absolute atomic E-state index is 0.0287. The summed E-state index contributed by atoms with van der Waals surface area (Å²) in [5.74, 6) is 5.15. The van der Waals surface area contributed by atoms with Gasteiger partial charge < -0.3 is 4.74 Å². The molecule has 42 heavy (non-hydrogen) atoms. The zero-order valence-corrected chi connectivity index (χ0v) is 27.2. The van der Waals surface area contributed by atoms with E-state index in [1.807, 2.05) is 0 Å². The van der Waals surface area contributed by atoms with Gasteiger partial charge in [0.25, 0.3) is 0 Å². The van der Waals surface area contributed by atoms with E-state index in [4.69, 9.17) is 4.74 Å². The molecule has 2 nitrogen and oxygen atoms in total. The SMILES string of the molecule is CC(C)CCC[C@@H](C)[C@H]1CC[C@H]2[C@@H]3CC=C4CC(OC(=O)CCc5ccc6ccccc6c5)CC[C@]4(C)[C@H]3CC[C@]12C. The van der Waals surface area contributed by atoms with E-state index in [-0.39, 0.29) is 12.1 Å². The van der Waals surface area contributed by atoms with Gasteiger partial charge in [0.05, 0.1) is 0 Å². The Morgan fingerprint density at radius 1 is 0.929 bits per heavy atom. The fourth-order valence-electron chi connectivity index (χ4n) is 10.6. The molecule has 3 saturated carbocycles. The topological polar surface area (TPSA) is 26.3 Å². The quantitative estimate of drug-likeness (QED) is 0.222. The molecule has 228 valence electrons. The molecular weight excluding hydrogens is 512 g/mol. The van der Waals surface area contributed by atoms with E-state index in [9.17, 15) is 4.79 Å². The summed E-state index contributed by atoms with van der Waals surface area (Å²) in [5, 5.41) is 2.49. The van der Waals surface area contributed by atoms with Crippen molar-refractivity contribution in [2.75, 3.05) is 0 Å². The molecule has 1 unspecified atom stereocenters. The molecule has 0 radical (unpaired) electrons. The highest BCUT2D eigenvalue weighted by Gasteiger charge is 2.59. The molecule has 4 aliphatic rings. The Bertz CT molecular complexity index is 1290. The number of rotatable bonds is 9. The Morgan fingerprint density at radius 2 is 1.74 bits per heavy atom. The molecule has 2 aromatic carbocycles. The van der Waals surface area contributed by atoms with Crippen molar-refractivity contribution in [3.63, 3.8) is 0 Å². The average Bonchev–Trinajstić information content (AvgIpc) is 3.33. The van der Waals surface area contributed by atoms with Crippen molar-refractivity contribution in [2.24, 2.45) is 46.3 Å². The Kier molecular flexibility index (Phi) is 8.65. The van der Waals surface area contributed by atoms with Crippen LogP contribution in [0.25, 0.3) is 10.8 Å². The maximum Gasteiger partial charge on any atom is 0.306 e. The van der Waals surface area contributed by atoms with Crippen molar-refractivity contribution >= 4 is 16.7 Å². The second-order valence-corrected chi connectivity index (χ2v) is 15.8. The van der Waals surface area contributed by atoms with Gasteiger partial charge in [-0.1, -0.05) is 108 Å². The summed E-state index contributed by atoms with van der Waals surface area (Å²) in [6, 6.07) is 15.0. The van der Waals surface area contributed by atoms with Crippen LogP contribution < -0.4 is 0 Å². The van der Waals surface area contributed by atoms with Crippen molar-refractivity contribution in [2.45, 2.75) is 124 Å². The van der Waals surface area contributed by atoms with Crippen LogP contribution in [0.4, 0.5) is 0 Å². The molecule has 0 spiro atoms. The van der Waals surface area contributed by atoms with Crippen molar-refractivity contribution in [1.29, 1.82) is 0 Å². The van der Waals surface area contributed by atoms with Gasteiger partial charge in [0.15, 0.2) is 0 Å². The van der Waals surface area contributed by atoms with Crippen molar-refractivity contribution < 1.29 is 9.53 Å². The van der Waals surface area contributed by atoms with Crippen LogP contribution in [-0.4, -0.2) is 12.1 Å². The standard InChI is InChI=1S/C40H56O2/c1-27(2)9-8-10-28(3)35-18-19-36-34-17-16-32-26-33(21-23-39(32,4)37(34)22-24-40(35,36)5)42-38(41)20-14-29-13-15-30-11-6-7-12-31(30)25-29/h6-7,11-13,15-16,25,27-28,33-37H,8-10,14,17-24,26H2,1-5H3/t28-,33?,34+,35-,36+,37+,39+,40-/m1/s1. The summed E-state index contributed by atoms with van der Waals surface area (Å²) in [5.41, 5.74) is 3.67. The van der Waals surface area contributed by atoms with Crippen LogP contribution in [-0.2, 0) is 16.0 Å². The van der Waals surface area contributed by atoms with E-state index in [1.165, 1.54) is 74.1 Å². The number of aryl methyl sites for hydroxylation is 1. The summed E-state index contributed by atoms with van der Waals surface area (Å²) >= 11 is 0. The number of allylic oxidation sites excluding steroid dienone is 1. The van der Waals surface area contributed by atoms with Gasteiger partial charge in [-0.25, -0.2) is 0 Å². The molecule has 0 aromatic heterocycles. The smallest absolute Gasteiger partial charge is 0.306 e. The molecule has 0 amide bonds. The average molecular weight is 569 g/mol. The van der Waals surface area contributed by atoms with Crippen molar-refractivity contribution in [3.05, 3.63) is 59.7 Å². The Labute approximate surface area is 256 Å². The molecule has 0 bridgehead atoms. The first-order valence-corrected chi connectivity index (χ1v) is 17.5. The van der Waals surface area contributed by atoms with Crippen LogP contribution in [0.1, 0.15) is 117 Å². The zero-order valence-electron chi connectivity index (χ0n) is 27.2. The van der Waals surface area contributed by atoms with Gasteiger partial charge in [-0.3, -0.25) is 4.79 Å². The van der Waals surface area contributed by atoms with Crippen LogP contribution in [0.15, 0.2) is 54.1 Å². The van der Waals surface area contributed by atoms with Gasteiger partial charge in [0, 0.05) is 12.8 Å². The monoisotopic (exact) mass is 568 g/mol. The summed E-state index contributed by atoms with van der Waals surface area (Å²) in [6.07, 6.45) is 18.3. The summed E-state index contributed by atoms with van der Waals surface area (Å²) < 4.78 is 6.12. The van der Waals surface area contributed by atoms with Crippen LogP contribution in [0.2, 0.25) is 0 Å². The largest absolute Gasteiger partial charge is 0.462 e. The number of benzene rings is 2. The molecule has 0 N–H and O–H groups in total. The zero-order chi connectivity index (χ0) is 29.5. The van der Waals surface area contributed by atoms with Gasteiger partial charge in [0.1, 0.15) is 6.10 Å². The molecule has 2 aromatic rings. The molecular formula is C40H56O2. The molecule has 6 rings (SSSR count). The number of carbonyl (C=O) groups excluding carboxylic acids is 1. The fourth-order valence-corrected chi connectivity index (χ4v) is 10.6. The third-order valence-corrected chi connectivity index (χ3v) is 13.0. The van der Waals surface area contributed by atoms with Crippen LogP contribution in [0.5, 0.6) is 0 Å². The fraction of sp³-hybridized carbons (Fsp3) is 0.675. The van der Waals surface area contributed by atoms with Gasteiger partial charge >= 0.3 is 5.97 Å². The predicted octanol–water partition coefficient (Wildman–Crippen LogP) is 10.7. The minimum Gasteiger partial charge on any atom is -0.462 e. The maximum absolute atomic E-state index is 12.9. The normalized spacial score (nSPS) is 34.8. The van der Waals surface area contributed by atoms with E-state index in [0.29, 0.717) is 17.3 Å². The van der Waals surface area contributed by atoms with Gasteiger partial charge in [-0.15, -0.1) is 0 Å². The lowest BCUT2D eigenvalue weighted by atomic mass is 9.47. The van der Waals surface area contributed by atoms with Crippen LogP contribution >= 0.6 is 0 Å². The first kappa shape index (κ1) is 30.0. The third kappa shape index (κ3) is 5.73. The number of fused-ring (bicyclic) bond motifs is 6. The molecule has 8 atom stereocenters. The summed E-state index contributed by atoms with van der Waals surface area (Å²) in [7, 11) is 0. The lowest BCUT2D eigenvalue weighted by Gasteiger charge is -2.58. The lowest BCUT2D eigenvalue weighted by Crippen LogP contribution is -2.51. The maximum atomic E-state index is 12.9. The Balaban J connectivity index is 1.05. The van der Waals surface area contributed by atoms with Gasteiger partial charge in [-0.05, 0) is 114 Å². The van der Waals surface area contributed by atoms with Crippen LogP contribution in [0.3, 0.4) is 0 Å². The summed E-state index contributed by atoms with van der Waals surface area (Å²) in [6.45, 7) is 12.6. The van der Waals surface area contributed by atoms with E-state index < -0.39 is 0 Å². The number of carbonyl (C=O) groups is 1. The summed E-state index contributed by atoms with van der Waals surface area (Å²) in [4.78, 5) is 12.9. The highest BCUT2D eigenvalue weighted by molar-refractivity contribution is 5.83. The van der Waals surface area contributed by atoms with Gasteiger partial charge in [0.2, 0.25) is 0 Å². The highest BCUT2D eigenvalue weighted by atomic mass is 16.5. The number of esters is 1. The first-order valence-electron chi connectivity index (χ1n) is 17.5. The van der Waals surface area contributed by atoms with Gasteiger partial charge in [-0.2, -0.15) is 0 Å². The second kappa shape index (κ2) is 12.1. The van der Waals surface area contributed by atoms with E-state index >= 15 is 0 Å². The van der Waals surface area contributed by atoms with Crippen LogP contribution in [0, 0.1) is 46.3 Å². The predicted molar refractivity (Wildman–Crippen MR) is 175 cm³/mol. The highest BCUT2D eigenvalue weighted by Crippen LogP contribution is 2.67. The molecule has 0 saturated heterocycles. The second-order valence-electron chi connectivity index (χ2n) is 15.8. The molecule has 3 fully saturated rings. The van der Waals surface area contributed by atoms with E-state index in [0.717, 1.165) is 54.8 Å². The third-order valence-electron chi connectivity index (χ3n) is 13.0. The van der Waals surface area contributed by atoms with Crippen molar-refractivity contribution in [3.8, 4) is 0 Å². The molecule has 0 aliphatic heterocycles. The first-order chi connectivity index (χ1) is 20.2. The minimum atomic E-state index is -0.0287. The molecule has 2 heteroatoms. The Morgan fingerprint density at radius 3 is 2.55 bits per heavy atom. The Hall–Kier alpha value is -2.09. The lowest BCUT2D eigenvalue weighted by molar-refractivity contribution is -0.151. The molecule has 4 aliphatic carbocycles. The molecule has 0 heterocycles. The number of hydrogen-bond donors (Lipinski definition) is 0. The van der Waals surface area contributed by atoms with E-state index in [1.54, 1.807) is 5.57 Å². The van der Waals surface area contributed by atoms with E-state index in [2.05, 4.69) is 83.2 Å². The van der Waals surface area contributed by atoms with Crippen molar-refractivity contribution in [1.82, 2.24) is 0 Å². The number of hydrogen-bond acceptors (Lipinski definition) is 2.